The number of aryl methyl sites for hydroxylation is 1. The van der Waals surface area contributed by atoms with Crippen LogP contribution < -0.4 is 4.90 Å². The summed E-state index contributed by atoms with van der Waals surface area (Å²) in [6, 6.07) is 14.4. The topological polar surface area (TPSA) is 39.6 Å². The van der Waals surface area contributed by atoms with Gasteiger partial charge in [-0.2, -0.15) is 0 Å². The van der Waals surface area contributed by atoms with E-state index in [0.717, 1.165) is 48.8 Å². The molecule has 3 rings (SSSR count). The van der Waals surface area contributed by atoms with Crippen LogP contribution in [-0.2, 0) is 0 Å². The lowest BCUT2D eigenvalue weighted by Crippen LogP contribution is -2.49. The third kappa shape index (κ3) is 3.60. The summed E-state index contributed by atoms with van der Waals surface area (Å²) in [5.41, 5.74) is 2.68. The Morgan fingerprint density at radius 3 is 2.21 bits per heavy atom. The summed E-state index contributed by atoms with van der Waals surface area (Å²) in [7, 11) is 0. The minimum atomic E-state index is -0.620. The van der Waals surface area contributed by atoms with Crippen LogP contribution in [0.15, 0.2) is 42.5 Å². The highest BCUT2D eigenvalue weighted by Crippen LogP contribution is 2.26. The molecule has 0 bridgehead atoms. The summed E-state index contributed by atoms with van der Waals surface area (Å²) in [5.74, 6) is 1.01. The van der Waals surface area contributed by atoms with Crippen LogP contribution in [0.1, 0.15) is 36.8 Å². The Balaban J connectivity index is 1.74. The quantitative estimate of drug-likeness (QED) is 0.938. The molecule has 0 amide bonds. The second kappa shape index (κ2) is 7.32. The Labute approximate surface area is 144 Å². The first kappa shape index (κ1) is 16.9. The Kier molecular flexibility index (Phi) is 5.17. The fraction of sp³-hybridized carbons (Fsp3) is 0.450. The zero-order valence-electron chi connectivity index (χ0n) is 14.8. The van der Waals surface area contributed by atoms with Gasteiger partial charge in [0.05, 0.1) is 0 Å². The van der Waals surface area contributed by atoms with Crippen molar-refractivity contribution >= 4 is 5.82 Å². The van der Waals surface area contributed by atoms with E-state index < -0.39 is 6.10 Å². The van der Waals surface area contributed by atoms with Gasteiger partial charge in [-0.15, -0.1) is 0 Å². The number of anilines is 1. The summed E-state index contributed by atoms with van der Waals surface area (Å²) in [5, 5.41) is 10.6. The highest BCUT2D eigenvalue weighted by molar-refractivity contribution is 5.44. The SMILES string of the molecule is Cc1nc(N2CCN(C(C)C)CC2)ccc1C(O)c1ccccc1. The number of aliphatic hydroxyl groups excluding tert-OH is 1. The van der Waals surface area contributed by atoms with Crippen LogP contribution in [0.2, 0.25) is 0 Å². The van der Waals surface area contributed by atoms with E-state index in [1.54, 1.807) is 0 Å². The smallest absolute Gasteiger partial charge is 0.128 e. The first-order valence-electron chi connectivity index (χ1n) is 8.76. The predicted molar refractivity (Wildman–Crippen MR) is 98.4 cm³/mol. The number of hydrogen-bond acceptors (Lipinski definition) is 4. The lowest BCUT2D eigenvalue weighted by Gasteiger charge is -2.37. The van der Waals surface area contributed by atoms with E-state index in [9.17, 15) is 5.11 Å². The summed E-state index contributed by atoms with van der Waals surface area (Å²) < 4.78 is 0. The van der Waals surface area contributed by atoms with Gasteiger partial charge in [-0.25, -0.2) is 4.98 Å². The number of hydrogen-bond donors (Lipinski definition) is 1. The van der Waals surface area contributed by atoms with E-state index >= 15 is 0 Å². The lowest BCUT2D eigenvalue weighted by atomic mass is 10.0. The fourth-order valence-electron chi connectivity index (χ4n) is 3.31. The van der Waals surface area contributed by atoms with Crippen molar-refractivity contribution in [2.45, 2.75) is 32.9 Å². The van der Waals surface area contributed by atoms with Crippen molar-refractivity contribution in [3.05, 3.63) is 59.3 Å². The van der Waals surface area contributed by atoms with Crippen LogP contribution in [0.3, 0.4) is 0 Å². The van der Waals surface area contributed by atoms with Gasteiger partial charge in [0.15, 0.2) is 0 Å². The van der Waals surface area contributed by atoms with Crippen molar-refractivity contribution < 1.29 is 5.11 Å². The van der Waals surface area contributed by atoms with Gasteiger partial charge in [0.25, 0.3) is 0 Å². The summed E-state index contributed by atoms with van der Waals surface area (Å²) in [4.78, 5) is 9.60. The number of benzene rings is 1. The molecule has 1 saturated heterocycles. The van der Waals surface area contributed by atoms with Crippen molar-refractivity contribution in [1.82, 2.24) is 9.88 Å². The summed E-state index contributed by atoms with van der Waals surface area (Å²) >= 11 is 0. The molecule has 1 aromatic heterocycles. The average Bonchev–Trinajstić information content (AvgIpc) is 2.62. The molecule has 0 saturated carbocycles. The first-order chi connectivity index (χ1) is 11.6. The maximum atomic E-state index is 10.6. The molecule has 1 unspecified atom stereocenters. The zero-order chi connectivity index (χ0) is 17.1. The van der Waals surface area contributed by atoms with Gasteiger partial charge < -0.3 is 10.0 Å². The van der Waals surface area contributed by atoms with E-state index in [1.165, 1.54) is 0 Å². The van der Waals surface area contributed by atoms with E-state index in [0.29, 0.717) is 6.04 Å². The van der Waals surface area contributed by atoms with Crippen LogP contribution in [-0.4, -0.2) is 47.2 Å². The molecule has 1 aromatic carbocycles. The lowest BCUT2D eigenvalue weighted by molar-refractivity contribution is 0.208. The molecule has 4 nitrogen and oxygen atoms in total. The van der Waals surface area contributed by atoms with Gasteiger partial charge >= 0.3 is 0 Å². The van der Waals surface area contributed by atoms with Gasteiger partial charge in [-0.1, -0.05) is 36.4 Å². The fourth-order valence-corrected chi connectivity index (χ4v) is 3.31. The van der Waals surface area contributed by atoms with Gasteiger partial charge in [-0.05, 0) is 32.4 Å². The average molecular weight is 325 g/mol. The van der Waals surface area contributed by atoms with E-state index in [4.69, 9.17) is 4.98 Å². The molecule has 2 heterocycles. The van der Waals surface area contributed by atoms with Crippen molar-refractivity contribution in [1.29, 1.82) is 0 Å². The van der Waals surface area contributed by atoms with E-state index in [-0.39, 0.29) is 0 Å². The number of nitrogens with zero attached hydrogens (tertiary/aromatic N) is 3. The van der Waals surface area contributed by atoms with Gasteiger partial charge in [0.2, 0.25) is 0 Å². The minimum Gasteiger partial charge on any atom is -0.384 e. The summed E-state index contributed by atoms with van der Waals surface area (Å²) in [6.45, 7) is 10.6. The molecule has 24 heavy (non-hydrogen) atoms. The third-order valence-electron chi connectivity index (χ3n) is 4.89. The predicted octanol–water partition coefficient (Wildman–Crippen LogP) is 3.00. The number of rotatable bonds is 4. The maximum absolute atomic E-state index is 10.6. The standard InChI is InChI=1S/C20H27N3O/c1-15(2)22-11-13-23(14-12-22)19-10-9-18(16(3)21-19)20(24)17-7-5-4-6-8-17/h4-10,15,20,24H,11-14H2,1-3H3. The Morgan fingerprint density at radius 2 is 1.62 bits per heavy atom. The van der Waals surface area contributed by atoms with Gasteiger partial charge in [0.1, 0.15) is 11.9 Å². The second-order valence-electron chi connectivity index (χ2n) is 6.77. The molecule has 0 radical (unpaired) electrons. The molecule has 2 aromatic rings. The molecule has 128 valence electrons. The van der Waals surface area contributed by atoms with E-state index in [1.807, 2.05) is 49.4 Å². The van der Waals surface area contributed by atoms with Crippen molar-refractivity contribution in [3.8, 4) is 0 Å². The number of pyridine rings is 1. The van der Waals surface area contributed by atoms with Crippen LogP contribution >= 0.6 is 0 Å². The van der Waals surface area contributed by atoms with Crippen LogP contribution in [0, 0.1) is 6.92 Å². The first-order valence-corrected chi connectivity index (χ1v) is 8.76. The molecule has 1 fully saturated rings. The maximum Gasteiger partial charge on any atom is 0.128 e. The monoisotopic (exact) mass is 325 g/mol. The van der Waals surface area contributed by atoms with Crippen LogP contribution in [0.4, 0.5) is 5.82 Å². The largest absolute Gasteiger partial charge is 0.384 e. The van der Waals surface area contributed by atoms with Gasteiger partial charge in [0, 0.05) is 43.5 Å². The van der Waals surface area contributed by atoms with Crippen molar-refractivity contribution in [2.24, 2.45) is 0 Å². The Morgan fingerprint density at radius 1 is 0.958 bits per heavy atom. The molecular weight excluding hydrogens is 298 g/mol. The van der Waals surface area contributed by atoms with Crippen LogP contribution in [0.5, 0.6) is 0 Å². The number of aromatic nitrogens is 1. The highest BCUT2D eigenvalue weighted by atomic mass is 16.3. The van der Waals surface area contributed by atoms with E-state index in [2.05, 4.69) is 23.6 Å². The van der Waals surface area contributed by atoms with Crippen molar-refractivity contribution in [3.63, 3.8) is 0 Å². The molecule has 1 aliphatic rings. The van der Waals surface area contributed by atoms with Gasteiger partial charge in [-0.3, -0.25) is 4.90 Å². The third-order valence-corrected chi connectivity index (χ3v) is 4.89. The molecule has 1 aliphatic heterocycles. The Bertz CT molecular complexity index is 664. The Hall–Kier alpha value is -1.91. The summed E-state index contributed by atoms with van der Waals surface area (Å²) in [6.07, 6.45) is -0.620. The number of aliphatic hydroxyl groups is 1. The van der Waals surface area contributed by atoms with Crippen LogP contribution in [0.25, 0.3) is 0 Å². The highest BCUT2D eigenvalue weighted by Gasteiger charge is 2.21. The zero-order valence-corrected chi connectivity index (χ0v) is 14.8. The molecule has 0 spiro atoms. The normalized spacial score (nSPS) is 17.3. The number of piperazine rings is 1. The molecule has 4 heteroatoms. The second-order valence-corrected chi connectivity index (χ2v) is 6.77. The molecule has 1 atom stereocenters. The molecule has 1 N–H and O–H groups in total. The minimum absolute atomic E-state index is 0.602. The molecule has 0 aliphatic carbocycles. The molecular formula is C20H27N3O. The van der Waals surface area contributed by atoms with Crippen molar-refractivity contribution in [2.75, 3.05) is 31.1 Å².